The summed E-state index contributed by atoms with van der Waals surface area (Å²) in [6.45, 7) is 3.63. The van der Waals surface area contributed by atoms with E-state index in [2.05, 4.69) is 11.9 Å². The lowest BCUT2D eigenvalue weighted by atomic mass is 10.0. The van der Waals surface area contributed by atoms with E-state index >= 15 is 0 Å². The molecule has 1 amide bonds. The van der Waals surface area contributed by atoms with Gasteiger partial charge in [-0.2, -0.15) is 5.26 Å². The largest absolute Gasteiger partial charge is 0.504 e. The van der Waals surface area contributed by atoms with Crippen LogP contribution in [0.4, 0.5) is 5.69 Å². The number of carbonyl (C=O) groups excluding carboxylic acids is 1. The van der Waals surface area contributed by atoms with Gasteiger partial charge in [-0.15, -0.1) is 6.58 Å². The average molecular weight is 378 g/mol. The maximum absolute atomic E-state index is 12.4. The number of nitrogens with zero attached hydrogens (tertiary/aromatic N) is 1. The number of hydrogen-bond acceptors (Lipinski definition) is 5. The predicted octanol–water partition coefficient (Wildman–Crippen LogP) is 3.37. The van der Waals surface area contributed by atoms with Gasteiger partial charge in [0, 0.05) is 11.3 Å². The van der Waals surface area contributed by atoms with Crippen molar-refractivity contribution in [1.82, 2.24) is 0 Å². The fourth-order valence-electron chi connectivity index (χ4n) is 2.48. The molecule has 0 unspecified atom stereocenters. The monoisotopic (exact) mass is 378 g/mol. The zero-order valence-corrected chi connectivity index (χ0v) is 15.1. The molecular weight excluding hydrogens is 360 g/mol. The maximum Gasteiger partial charge on any atom is 0.335 e. The van der Waals surface area contributed by atoms with Gasteiger partial charge in [0.15, 0.2) is 11.5 Å². The summed E-state index contributed by atoms with van der Waals surface area (Å²) in [6, 6.07) is 10.6. The molecule has 0 atom stereocenters. The maximum atomic E-state index is 12.4. The van der Waals surface area contributed by atoms with E-state index in [9.17, 15) is 20.0 Å². The number of aromatic carboxylic acids is 1. The number of hydrogen-bond donors (Lipinski definition) is 3. The van der Waals surface area contributed by atoms with Crippen LogP contribution in [0, 0.1) is 11.3 Å². The highest BCUT2D eigenvalue weighted by Crippen LogP contribution is 2.32. The molecule has 0 saturated heterocycles. The first-order valence-corrected chi connectivity index (χ1v) is 8.16. The average Bonchev–Trinajstić information content (AvgIpc) is 2.68. The van der Waals surface area contributed by atoms with Gasteiger partial charge in [0.05, 0.1) is 12.7 Å². The molecule has 2 aromatic carbocycles. The van der Waals surface area contributed by atoms with E-state index in [-0.39, 0.29) is 28.3 Å². The molecule has 28 heavy (non-hydrogen) atoms. The van der Waals surface area contributed by atoms with Crippen LogP contribution in [0.2, 0.25) is 0 Å². The minimum Gasteiger partial charge on any atom is -0.504 e. The number of phenolic OH excluding ortho intramolecular Hbond substituents is 1. The van der Waals surface area contributed by atoms with E-state index in [4.69, 9.17) is 9.84 Å². The van der Waals surface area contributed by atoms with Crippen molar-refractivity contribution < 1.29 is 24.5 Å². The minimum atomic E-state index is -1.13. The molecule has 0 radical (unpaired) electrons. The van der Waals surface area contributed by atoms with E-state index in [1.807, 2.05) is 6.07 Å². The fraction of sp³-hybridized carbons (Fsp3) is 0.0952. The van der Waals surface area contributed by atoms with Crippen LogP contribution in [0.5, 0.6) is 11.5 Å². The SMILES string of the molecule is C=CCc1cc(/C=C(/C#N)C(=O)Nc2cccc(C(=O)O)c2)cc(OC)c1O. The Balaban J connectivity index is 2.35. The molecule has 2 aromatic rings. The zero-order valence-electron chi connectivity index (χ0n) is 15.1. The summed E-state index contributed by atoms with van der Waals surface area (Å²) in [7, 11) is 1.40. The Bertz CT molecular complexity index is 1000. The molecule has 0 fully saturated rings. The van der Waals surface area contributed by atoms with Crippen LogP contribution in [0.1, 0.15) is 21.5 Å². The van der Waals surface area contributed by atoms with Gasteiger partial charge in [-0.1, -0.05) is 12.1 Å². The second-order valence-corrected chi connectivity index (χ2v) is 5.73. The number of amides is 1. The number of nitriles is 1. The predicted molar refractivity (Wildman–Crippen MR) is 104 cm³/mol. The molecule has 0 heterocycles. The first-order chi connectivity index (χ1) is 13.4. The molecule has 2 rings (SSSR count). The zero-order chi connectivity index (χ0) is 20.7. The Labute approximate surface area is 161 Å². The van der Waals surface area contributed by atoms with Crippen LogP contribution >= 0.6 is 0 Å². The number of nitrogens with one attached hydrogen (secondary N) is 1. The second kappa shape index (κ2) is 9.05. The number of rotatable bonds is 7. The summed E-state index contributed by atoms with van der Waals surface area (Å²) in [4.78, 5) is 23.4. The number of benzene rings is 2. The standard InChI is InChI=1S/C21H18N2O5/c1-3-5-14-8-13(10-18(28-2)19(14)24)9-16(12-22)20(25)23-17-7-4-6-15(11-17)21(26)27/h3-4,6-11,24H,1,5H2,2H3,(H,23,25)(H,26,27)/b16-9-. The van der Waals surface area contributed by atoms with Crippen LogP contribution in [-0.4, -0.2) is 29.2 Å². The molecule has 7 heteroatoms. The smallest absolute Gasteiger partial charge is 0.335 e. The van der Waals surface area contributed by atoms with Crippen molar-refractivity contribution in [3.8, 4) is 17.6 Å². The summed E-state index contributed by atoms with van der Waals surface area (Å²) >= 11 is 0. The number of allylic oxidation sites excluding steroid dienone is 1. The molecule has 0 aliphatic rings. The Hall–Kier alpha value is -4.05. The number of methoxy groups -OCH3 is 1. The van der Waals surface area contributed by atoms with E-state index in [1.54, 1.807) is 12.1 Å². The summed E-state index contributed by atoms with van der Waals surface area (Å²) in [5, 5.41) is 31.0. The highest BCUT2D eigenvalue weighted by atomic mass is 16.5. The molecule has 0 aromatic heterocycles. The summed E-state index contributed by atoms with van der Waals surface area (Å²) in [5.41, 5.74) is 1.09. The van der Waals surface area contributed by atoms with Gasteiger partial charge >= 0.3 is 5.97 Å². The topological polar surface area (TPSA) is 120 Å². The van der Waals surface area contributed by atoms with Crippen LogP contribution in [-0.2, 0) is 11.2 Å². The third-order valence-electron chi connectivity index (χ3n) is 3.80. The molecule has 7 nitrogen and oxygen atoms in total. The minimum absolute atomic E-state index is 0.0117. The van der Waals surface area contributed by atoms with Gasteiger partial charge in [-0.25, -0.2) is 4.79 Å². The first kappa shape index (κ1) is 20.3. The van der Waals surface area contributed by atoms with Crippen molar-refractivity contribution in [2.24, 2.45) is 0 Å². The Morgan fingerprint density at radius 2 is 2.07 bits per heavy atom. The van der Waals surface area contributed by atoms with Crippen LogP contribution in [0.15, 0.2) is 54.6 Å². The Morgan fingerprint density at radius 3 is 2.68 bits per heavy atom. The number of anilines is 1. The quantitative estimate of drug-likeness (QED) is 0.386. The Morgan fingerprint density at radius 1 is 1.32 bits per heavy atom. The normalized spacial score (nSPS) is 10.6. The lowest BCUT2D eigenvalue weighted by molar-refractivity contribution is -0.112. The highest BCUT2D eigenvalue weighted by molar-refractivity contribution is 6.10. The van der Waals surface area contributed by atoms with Gasteiger partial charge in [-0.05, 0) is 48.4 Å². The summed E-state index contributed by atoms with van der Waals surface area (Å²) in [5.74, 6) is -1.65. The molecule has 3 N–H and O–H groups in total. The van der Waals surface area contributed by atoms with Crippen molar-refractivity contribution in [2.75, 3.05) is 12.4 Å². The van der Waals surface area contributed by atoms with E-state index in [0.29, 0.717) is 17.5 Å². The third-order valence-corrected chi connectivity index (χ3v) is 3.80. The van der Waals surface area contributed by atoms with Gasteiger partial charge in [0.1, 0.15) is 11.6 Å². The second-order valence-electron chi connectivity index (χ2n) is 5.73. The van der Waals surface area contributed by atoms with Crippen LogP contribution < -0.4 is 10.1 Å². The summed E-state index contributed by atoms with van der Waals surface area (Å²) < 4.78 is 5.13. The van der Waals surface area contributed by atoms with Crippen molar-refractivity contribution in [3.63, 3.8) is 0 Å². The third kappa shape index (κ3) is 4.77. The number of carbonyl (C=O) groups is 2. The highest BCUT2D eigenvalue weighted by Gasteiger charge is 2.13. The number of carboxylic acid groups (broad SMARTS) is 1. The Kier molecular flexibility index (Phi) is 6.55. The van der Waals surface area contributed by atoms with Gasteiger partial charge in [-0.3, -0.25) is 4.79 Å². The van der Waals surface area contributed by atoms with Gasteiger partial charge in [0.25, 0.3) is 5.91 Å². The van der Waals surface area contributed by atoms with Crippen LogP contribution in [0.3, 0.4) is 0 Å². The van der Waals surface area contributed by atoms with E-state index < -0.39 is 11.9 Å². The molecule has 0 aliphatic heterocycles. The molecule has 0 spiro atoms. The molecule has 0 aliphatic carbocycles. The number of ether oxygens (including phenoxy) is 1. The molecular formula is C21H18N2O5. The fourth-order valence-corrected chi connectivity index (χ4v) is 2.48. The van der Waals surface area contributed by atoms with Gasteiger partial charge in [0.2, 0.25) is 0 Å². The lowest BCUT2D eigenvalue weighted by Crippen LogP contribution is -2.14. The molecule has 142 valence electrons. The summed E-state index contributed by atoms with van der Waals surface area (Å²) in [6.07, 6.45) is 3.33. The van der Waals surface area contributed by atoms with Crippen molar-refractivity contribution in [3.05, 3.63) is 71.3 Å². The van der Waals surface area contributed by atoms with Crippen molar-refractivity contribution in [2.45, 2.75) is 6.42 Å². The number of aromatic hydroxyl groups is 1. The van der Waals surface area contributed by atoms with Gasteiger partial charge < -0.3 is 20.3 Å². The molecule has 0 bridgehead atoms. The van der Waals surface area contributed by atoms with Crippen molar-refractivity contribution >= 4 is 23.6 Å². The number of carboxylic acids is 1. The molecule has 0 saturated carbocycles. The van der Waals surface area contributed by atoms with E-state index in [0.717, 1.165) is 0 Å². The first-order valence-electron chi connectivity index (χ1n) is 8.16. The number of phenols is 1. The van der Waals surface area contributed by atoms with Crippen molar-refractivity contribution in [1.29, 1.82) is 5.26 Å². The van der Waals surface area contributed by atoms with Crippen LogP contribution in [0.25, 0.3) is 6.08 Å². The van der Waals surface area contributed by atoms with E-state index in [1.165, 1.54) is 43.5 Å². The lowest BCUT2D eigenvalue weighted by Gasteiger charge is -2.10.